The summed E-state index contributed by atoms with van der Waals surface area (Å²) in [4.78, 5) is 25.6. The first-order valence-electron chi connectivity index (χ1n) is 8.88. The molecule has 0 radical (unpaired) electrons. The van der Waals surface area contributed by atoms with Crippen LogP contribution < -0.4 is 10.4 Å². The molecule has 2 bridgehead atoms. The summed E-state index contributed by atoms with van der Waals surface area (Å²) in [6, 6.07) is 5.56. The molecule has 5 atom stereocenters. The third-order valence-electron chi connectivity index (χ3n) is 6.48. The Kier molecular flexibility index (Phi) is 2.79. The van der Waals surface area contributed by atoms with E-state index in [1.165, 1.54) is 0 Å². The molecule has 0 unspecified atom stereocenters. The van der Waals surface area contributed by atoms with Gasteiger partial charge in [0, 0.05) is 11.8 Å². The van der Waals surface area contributed by atoms with E-state index in [9.17, 15) is 9.59 Å². The molecule has 1 saturated carbocycles. The zero-order chi connectivity index (χ0) is 17.5. The van der Waals surface area contributed by atoms with Gasteiger partial charge in [0.1, 0.15) is 23.0 Å². The Hall–Kier alpha value is -2.30. The fraction of sp³-hybridized carbons (Fsp3) is 0.500. The van der Waals surface area contributed by atoms with Gasteiger partial charge in [0.2, 0.25) is 5.60 Å². The number of carbonyl (C=O) groups is 1. The van der Waals surface area contributed by atoms with E-state index in [0.717, 1.165) is 23.8 Å². The highest BCUT2D eigenvalue weighted by Crippen LogP contribution is 2.58. The molecule has 0 spiro atoms. The number of benzene rings is 1. The molecule has 4 aliphatic rings. The van der Waals surface area contributed by atoms with Gasteiger partial charge in [-0.1, -0.05) is 19.1 Å². The molecular formula is C20H20O5. The molecule has 130 valence electrons. The van der Waals surface area contributed by atoms with Crippen LogP contribution in [0.4, 0.5) is 0 Å². The number of rotatable bonds is 0. The van der Waals surface area contributed by atoms with E-state index in [1.807, 2.05) is 26.0 Å². The van der Waals surface area contributed by atoms with E-state index in [4.69, 9.17) is 13.9 Å². The van der Waals surface area contributed by atoms with Gasteiger partial charge in [0.25, 0.3) is 0 Å². The fourth-order valence-electron chi connectivity index (χ4n) is 5.17. The van der Waals surface area contributed by atoms with E-state index in [2.05, 4.69) is 6.92 Å². The van der Waals surface area contributed by atoms with Gasteiger partial charge in [-0.3, -0.25) is 0 Å². The van der Waals surface area contributed by atoms with Gasteiger partial charge in [-0.15, -0.1) is 0 Å². The minimum Gasteiger partial charge on any atom is -0.474 e. The summed E-state index contributed by atoms with van der Waals surface area (Å²) in [6.07, 6.45) is 1.33. The van der Waals surface area contributed by atoms with E-state index in [1.54, 1.807) is 6.07 Å². The molecule has 3 aliphatic heterocycles. The number of esters is 1. The van der Waals surface area contributed by atoms with Crippen molar-refractivity contribution in [1.29, 1.82) is 0 Å². The molecule has 25 heavy (non-hydrogen) atoms. The summed E-state index contributed by atoms with van der Waals surface area (Å²) in [7, 11) is 0. The van der Waals surface area contributed by atoms with Crippen molar-refractivity contribution in [1.82, 2.24) is 0 Å². The zero-order valence-corrected chi connectivity index (χ0v) is 14.5. The van der Waals surface area contributed by atoms with Crippen LogP contribution in [0.2, 0.25) is 0 Å². The molecule has 0 amide bonds. The van der Waals surface area contributed by atoms with Crippen molar-refractivity contribution in [2.75, 3.05) is 0 Å². The summed E-state index contributed by atoms with van der Waals surface area (Å²) < 4.78 is 17.7. The Morgan fingerprint density at radius 2 is 2.00 bits per heavy atom. The minimum absolute atomic E-state index is 0.0552. The average Bonchev–Trinajstić information content (AvgIpc) is 2.84. The van der Waals surface area contributed by atoms with Crippen LogP contribution in [-0.4, -0.2) is 11.6 Å². The summed E-state index contributed by atoms with van der Waals surface area (Å²) in [6.45, 7) is 5.93. The van der Waals surface area contributed by atoms with E-state index in [0.29, 0.717) is 22.8 Å². The second-order valence-corrected chi connectivity index (χ2v) is 7.85. The van der Waals surface area contributed by atoms with Gasteiger partial charge in [-0.2, -0.15) is 0 Å². The summed E-state index contributed by atoms with van der Waals surface area (Å²) >= 11 is 0. The minimum atomic E-state index is -1.06. The Bertz CT molecular complexity index is 974. The SMILES string of the molecule is Cc1cccc2oc(=O)c3c(c12)O[C@@]1(C)C(=O)O[C@@H]3[C@@H]2[C@@H](C)CC[C@@H]21. The lowest BCUT2D eigenvalue weighted by Gasteiger charge is -2.41. The number of carbonyl (C=O) groups excluding carboxylic acids is 1. The average molecular weight is 340 g/mol. The molecular weight excluding hydrogens is 320 g/mol. The van der Waals surface area contributed by atoms with Gasteiger partial charge < -0.3 is 13.9 Å². The first-order chi connectivity index (χ1) is 11.9. The van der Waals surface area contributed by atoms with Crippen LogP contribution in [0.25, 0.3) is 11.0 Å². The van der Waals surface area contributed by atoms with Crippen LogP contribution in [0, 0.1) is 24.7 Å². The van der Waals surface area contributed by atoms with Gasteiger partial charge in [0.05, 0.1) is 5.39 Å². The normalized spacial score (nSPS) is 35.7. The molecule has 1 aliphatic carbocycles. The fourth-order valence-corrected chi connectivity index (χ4v) is 5.17. The van der Waals surface area contributed by atoms with E-state index < -0.39 is 17.3 Å². The first-order valence-corrected chi connectivity index (χ1v) is 8.88. The largest absolute Gasteiger partial charge is 0.474 e. The van der Waals surface area contributed by atoms with E-state index in [-0.39, 0.29) is 17.8 Å². The Balaban J connectivity index is 1.89. The molecule has 1 aromatic carbocycles. The monoisotopic (exact) mass is 340 g/mol. The number of ether oxygens (including phenoxy) is 2. The lowest BCUT2D eigenvalue weighted by molar-refractivity contribution is -0.190. The second-order valence-electron chi connectivity index (χ2n) is 7.85. The molecule has 2 fully saturated rings. The Labute approximate surface area is 144 Å². The van der Waals surface area contributed by atoms with Crippen molar-refractivity contribution in [3.8, 4) is 5.75 Å². The van der Waals surface area contributed by atoms with Gasteiger partial charge in [-0.05, 0) is 44.2 Å². The van der Waals surface area contributed by atoms with Gasteiger partial charge >= 0.3 is 11.6 Å². The summed E-state index contributed by atoms with van der Waals surface area (Å²) in [5.41, 5.74) is 0.294. The Morgan fingerprint density at radius 1 is 1.20 bits per heavy atom. The molecule has 5 nitrogen and oxygen atoms in total. The highest BCUT2D eigenvalue weighted by molar-refractivity contribution is 5.90. The Morgan fingerprint density at radius 3 is 2.80 bits per heavy atom. The summed E-state index contributed by atoms with van der Waals surface area (Å²) in [5, 5.41) is 0.763. The van der Waals surface area contributed by atoms with Crippen LogP contribution in [0.3, 0.4) is 0 Å². The predicted octanol–water partition coefficient (Wildman–Crippen LogP) is 3.51. The topological polar surface area (TPSA) is 65.7 Å². The highest BCUT2D eigenvalue weighted by Gasteiger charge is 2.63. The van der Waals surface area contributed by atoms with Crippen LogP contribution in [0.5, 0.6) is 5.75 Å². The molecule has 5 heteroatoms. The lowest BCUT2D eigenvalue weighted by Crippen LogP contribution is -2.54. The van der Waals surface area contributed by atoms with Crippen molar-refractivity contribution < 1.29 is 18.7 Å². The van der Waals surface area contributed by atoms with Crippen molar-refractivity contribution >= 4 is 16.9 Å². The van der Waals surface area contributed by atoms with Crippen molar-refractivity contribution in [2.24, 2.45) is 17.8 Å². The number of fused-ring (bicyclic) bond motifs is 2. The predicted molar refractivity (Wildman–Crippen MR) is 90.5 cm³/mol. The molecule has 2 aromatic rings. The third kappa shape index (κ3) is 1.73. The van der Waals surface area contributed by atoms with Crippen LogP contribution in [0.1, 0.15) is 43.9 Å². The first kappa shape index (κ1) is 15.0. The maximum absolute atomic E-state index is 12.8. The zero-order valence-electron chi connectivity index (χ0n) is 14.5. The van der Waals surface area contributed by atoms with Crippen LogP contribution in [-0.2, 0) is 9.53 Å². The smallest absolute Gasteiger partial charge is 0.351 e. The number of aryl methyl sites for hydroxylation is 1. The number of hydrogen-bond donors (Lipinski definition) is 0. The molecule has 0 N–H and O–H groups in total. The highest BCUT2D eigenvalue weighted by atomic mass is 16.6. The maximum atomic E-state index is 12.8. The van der Waals surface area contributed by atoms with Crippen molar-refractivity contribution in [3.63, 3.8) is 0 Å². The second kappa shape index (κ2) is 4.65. The third-order valence-corrected chi connectivity index (χ3v) is 6.48. The van der Waals surface area contributed by atoms with Gasteiger partial charge in [0.15, 0.2) is 0 Å². The van der Waals surface area contributed by atoms with Crippen molar-refractivity contribution in [3.05, 3.63) is 39.7 Å². The van der Waals surface area contributed by atoms with Gasteiger partial charge in [-0.25, -0.2) is 9.59 Å². The van der Waals surface area contributed by atoms with Crippen molar-refractivity contribution in [2.45, 2.75) is 45.3 Å². The van der Waals surface area contributed by atoms with Crippen LogP contribution >= 0.6 is 0 Å². The standard InChI is InChI=1S/C20H20O5/c1-9-5-4-6-12-14(9)17-15(18(21)23-12)16-13-10(2)7-8-11(13)20(3,25-17)19(22)24-16/h4-6,10-11,13,16H,7-8H2,1-3H3/t10-,11-,13+,16+,20+/m0/s1. The molecule has 4 heterocycles. The molecule has 6 rings (SSSR count). The quantitative estimate of drug-likeness (QED) is 0.542. The van der Waals surface area contributed by atoms with E-state index >= 15 is 0 Å². The maximum Gasteiger partial charge on any atom is 0.351 e. The molecule has 1 aromatic heterocycles. The van der Waals surface area contributed by atoms with Crippen LogP contribution in [0.15, 0.2) is 27.4 Å². The number of hydrogen-bond acceptors (Lipinski definition) is 5. The lowest BCUT2D eigenvalue weighted by atomic mass is 9.73. The molecule has 1 saturated heterocycles. The summed E-state index contributed by atoms with van der Waals surface area (Å²) in [5.74, 6) is 0.617.